The van der Waals surface area contributed by atoms with Crippen LogP contribution in [0.3, 0.4) is 0 Å². The molecule has 0 radical (unpaired) electrons. The first-order valence-corrected chi connectivity index (χ1v) is 5.17. The van der Waals surface area contributed by atoms with Crippen LogP contribution in [0.1, 0.15) is 0 Å². The molecule has 1 rings (SSSR count). The van der Waals surface area contributed by atoms with E-state index in [0.29, 0.717) is 5.88 Å². The van der Waals surface area contributed by atoms with E-state index in [0.717, 1.165) is 5.03 Å². The Morgan fingerprint density at radius 1 is 1.89 bits per heavy atom. The Morgan fingerprint density at radius 3 is 3.11 bits per heavy atom. The minimum absolute atomic E-state index is 0.611. The zero-order valence-electron chi connectivity index (χ0n) is 4.50. The highest BCUT2D eigenvalue weighted by atomic mass is 127. The van der Waals surface area contributed by atoms with Gasteiger partial charge in [0, 0.05) is 11.3 Å². The maximum Gasteiger partial charge on any atom is 0.124 e. The van der Waals surface area contributed by atoms with Gasteiger partial charge in [-0.2, -0.15) is 4.37 Å². The van der Waals surface area contributed by atoms with Crippen molar-refractivity contribution in [2.45, 2.75) is 5.03 Å². The van der Waals surface area contributed by atoms with Crippen molar-refractivity contribution < 1.29 is 0 Å². The molecule has 1 aromatic heterocycles. The topological polar surface area (TPSA) is 38.9 Å². The maximum atomic E-state index is 5.31. The molecular weight excluding hydrogens is 267 g/mol. The lowest BCUT2D eigenvalue weighted by molar-refractivity contribution is 1.24. The summed E-state index contributed by atoms with van der Waals surface area (Å²) in [6, 6.07) is 0. The zero-order chi connectivity index (χ0) is 6.69. The molecule has 0 aromatic carbocycles. The molecule has 5 heteroatoms. The molecule has 0 saturated heterocycles. The van der Waals surface area contributed by atoms with E-state index in [4.69, 9.17) is 5.73 Å². The summed E-state index contributed by atoms with van der Waals surface area (Å²) in [5.74, 6) is 0.611. The first kappa shape index (κ1) is 7.77. The van der Waals surface area contributed by atoms with Crippen LogP contribution < -0.4 is 5.73 Å². The fourth-order valence-electron chi connectivity index (χ4n) is 0.389. The van der Waals surface area contributed by atoms with Crippen LogP contribution in [0, 0.1) is 3.57 Å². The summed E-state index contributed by atoms with van der Waals surface area (Å²) in [5.41, 5.74) is 5.31. The SMILES string of the molecule is NCSc1nscc1I. The summed E-state index contributed by atoms with van der Waals surface area (Å²) in [7, 11) is 0. The van der Waals surface area contributed by atoms with Gasteiger partial charge in [-0.25, -0.2) is 0 Å². The van der Waals surface area contributed by atoms with Gasteiger partial charge in [0.1, 0.15) is 5.03 Å². The number of hydrogen-bond acceptors (Lipinski definition) is 4. The van der Waals surface area contributed by atoms with Crippen LogP contribution in [0.4, 0.5) is 0 Å². The Morgan fingerprint density at radius 2 is 2.67 bits per heavy atom. The lowest BCUT2D eigenvalue weighted by Crippen LogP contribution is -1.92. The number of nitrogens with zero attached hydrogens (tertiary/aromatic N) is 1. The van der Waals surface area contributed by atoms with E-state index in [1.807, 2.05) is 5.38 Å². The van der Waals surface area contributed by atoms with Gasteiger partial charge in [0.15, 0.2) is 0 Å². The molecule has 1 heterocycles. The van der Waals surface area contributed by atoms with Gasteiger partial charge in [-0.15, -0.1) is 0 Å². The quantitative estimate of drug-likeness (QED) is 0.506. The van der Waals surface area contributed by atoms with Crippen LogP contribution >= 0.6 is 45.9 Å². The van der Waals surface area contributed by atoms with E-state index in [2.05, 4.69) is 27.0 Å². The fourth-order valence-corrected chi connectivity index (χ4v) is 2.70. The standard InChI is InChI=1S/C4H5IN2S2/c5-3-1-9-7-4(3)8-2-6/h1H,2,6H2. The largest absolute Gasteiger partial charge is 0.322 e. The van der Waals surface area contributed by atoms with Crippen molar-refractivity contribution in [1.29, 1.82) is 0 Å². The van der Waals surface area contributed by atoms with Gasteiger partial charge < -0.3 is 5.73 Å². The summed E-state index contributed by atoms with van der Waals surface area (Å²) < 4.78 is 5.32. The molecule has 2 N–H and O–H groups in total. The van der Waals surface area contributed by atoms with Gasteiger partial charge in [-0.05, 0) is 34.1 Å². The van der Waals surface area contributed by atoms with E-state index >= 15 is 0 Å². The third kappa shape index (κ3) is 2.06. The van der Waals surface area contributed by atoms with Crippen LogP contribution in [0.15, 0.2) is 10.4 Å². The van der Waals surface area contributed by atoms with Gasteiger partial charge in [0.25, 0.3) is 0 Å². The molecule has 0 aliphatic carbocycles. The summed E-state index contributed by atoms with van der Waals surface area (Å²) in [4.78, 5) is 0. The molecule has 0 unspecified atom stereocenters. The number of aromatic nitrogens is 1. The van der Waals surface area contributed by atoms with Gasteiger partial charge >= 0.3 is 0 Å². The third-order valence-electron chi connectivity index (χ3n) is 0.716. The predicted octanol–water partition coefficient (Wildman–Crippen LogP) is 1.76. The Bertz CT molecular complexity index is 188. The minimum Gasteiger partial charge on any atom is -0.322 e. The van der Waals surface area contributed by atoms with Crippen LogP contribution in [-0.2, 0) is 0 Å². The van der Waals surface area contributed by atoms with Crippen molar-refractivity contribution in [3.05, 3.63) is 8.95 Å². The molecule has 0 aliphatic heterocycles. The molecule has 50 valence electrons. The van der Waals surface area contributed by atoms with Crippen molar-refractivity contribution in [2.75, 3.05) is 5.88 Å². The monoisotopic (exact) mass is 272 g/mol. The zero-order valence-corrected chi connectivity index (χ0v) is 8.29. The Labute approximate surface area is 75.5 Å². The Balaban J connectivity index is 2.69. The Hall–Kier alpha value is 0.670. The van der Waals surface area contributed by atoms with Crippen LogP contribution in [0.25, 0.3) is 0 Å². The molecule has 0 aliphatic rings. The highest BCUT2D eigenvalue weighted by molar-refractivity contribution is 14.1. The normalized spacial score (nSPS) is 10.0. The van der Waals surface area contributed by atoms with Gasteiger partial charge in [-0.1, -0.05) is 11.8 Å². The number of hydrogen-bond donors (Lipinski definition) is 1. The van der Waals surface area contributed by atoms with Crippen molar-refractivity contribution in [1.82, 2.24) is 4.37 Å². The minimum atomic E-state index is 0.611. The van der Waals surface area contributed by atoms with Gasteiger partial charge in [0.05, 0.1) is 3.57 Å². The third-order valence-corrected chi connectivity index (χ3v) is 3.82. The lowest BCUT2D eigenvalue weighted by Gasteiger charge is -1.89. The highest BCUT2D eigenvalue weighted by Gasteiger charge is 1.99. The average molecular weight is 272 g/mol. The van der Waals surface area contributed by atoms with Crippen molar-refractivity contribution >= 4 is 45.9 Å². The highest BCUT2D eigenvalue weighted by Crippen LogP contribution is 2.22. The van der Waals surface area contributed by atoms with Crippen molar-refractivity contribution in [3.8, 4) is 0 Å². The van der Waals surface area contributed by atoms with Crippen molar-refractivity contribution in [2.24, 2.45) is 5.73 Å². The molecule has 0 spiro atoms. The van der Waals surface area contributed by atoms with Crippen LogP contribution in [0.2, 0.25) is 0 Å². The fraction of sp³-hybridized carbons (Fsp3) is 0.250. The van der Waals surface area contributed by atoms with Crippen LogP contribution in [0.5, 0.6) is 0 Å². The van der Waals surface area contributed by atoms with E-state index in [9.17, 15) is 0 Å². The summed E-state index contributed by atoms with van der Waals surface area (Å²) in [6.07, 6.45) is 0. The van der Waals surface area contributed by atoms with Crippen molar-refractivity contribution in [3.63, 3.8) is 0 Å². The second kappa shape index (κ2) is 3.75. The molecule has 0 bridgehead atoms. The number of halogens is 1. The average Bonchev–Trinajstić information content (AvgIpc) is 2.18. The predicted molar refractivity (Wildman–Crippen MR) is 49.7 cm³/mol. The number of thioether (sulfide) groups is 1. The molecular formula is C4H5IN2S2. The molecule has 0 atom stereocenters. The van der Waals surface area contributed by atoms with E-state index in [-0.39, 0.29) is 0 Å². The van der Waals surface area contributed by atoms with Crippen LogP contribution in [-0.4, -0.2) is 10.3 Å². The first-order valence-electron chi connectivity index (χ1n) is 2.27. The first-order chi connectivity index (χ1) is 4.34. The van der Waals surface area contributed by atoms with Gasteiger partial charge in [0.2, 0.25) is 0 Å². The molecule has 0 fully saturated rings. The number of nitrogens with two attached hydrogens (primary N) is 1. The molecule has 9 heavy (non-hydrogen) atoms. The second-order valence-electron chi connectivity index (χ2n) is 1.28. The smallest absolute Gasteiger partial charge is 0.124 e. The van der Waals surface area contributed by atoms with Gasteiger partial charge in [-0.3, -0.25) is 0 Å². The molecule has 0 amide bonds. The molecule has 0 saturated carbocycles. The van der Waals surface area contributed by atoms with E-state index in [1.165, 1.54) is 15.1 Å². The lowest BCUT2D eigenvalue weighted by atomic mass is 10.8. The Kier molecular flexibility index (Phi) is 3.23. The molecule has 1 aromatic rings. The molecule has 2 nitrogen and oxygen atoms in total. The van der Waals surface area contributed by atoms with E-state index < -0.39 is 0 Å². The summed E-state index contributed by atoms with van der Waals surface area (Å²) in [5, 5.41) is 3.07. The maximum absolute atomic E-state index is 5.31. The summed E-state index contributed by atoms with van der Waals surface area (Å²) >= 11 is 5.30. The van der Waals surface area contributed by atoms with E-state index in [1.54, 1.807) is 11.8 Å². The summed E-state index contributed by atoms with van der Waals surface area (Å²) in [6.45, 7) is 0. The second-order valence-corrected chi connectivity index (χ2v) is 4.08. The number of rotatable bonds is 2.